The van der Waals surface area contributed by atoms with Crippen molar-refractivity contribution in [2.24, 2.45) is 12.9 Å². The Hall–Kier alpha value is -0.440. The fraction of sp³-hybridized carbons (Fsp3) is 0.364. The minimum Gasteiger partial charge on any atom is -0.273 e. The van der Waals surface area contributed by atoms with Crippen LogP contribution >= 0.6 is 33.9 Å². The molecule has 0 saturated carbocycles. The molecular formula is C11H15IN4S. The van der Waals surface area contributed by atoms with Crippen LogP contribution in [0.2, 0.25) is 0 Å². The molecule has 6 heteroatoms. The molecule has 1 atom stereocenters. The molecule has 3 N–H and O–H groups in total. The highest BCUT2D eigenvalue weighted by Gasteiger charge is 2.12. The molecule has 2 heterocycles. The number of nitrogens with zero attached hydrogens (tertiary/aromatic N) is 2. The third-order valence-electron chi connectivity index (χ3n) is 2.80. The predicted octanol–water partition coefficient (Wildman–Crippen LogP) is 2.22. The van der Waals surface area contributed by atoms with E-state index >= 15 is 0 Å². The molecule has 0 aliphatic carbocycles. The number of hydrazine groups is 1. The van der Waals surface area contributed by atoms with E-state index in [2.05, 4.69) is 44.6 Å². The molecule has 0 aliphatic rings. The van der Waals surface area contributed by atoms with Crippen LogP contribution in [0.25, 0.3) is 0 Å². The summed E-state index contributed by atoms with van der Waals surface area (Å²) >= 11 is 4.08. The number of nitrogens with two attached hydrogens (primary N) is 1. The maximum Gasteiger partial charge on any atom is 0.0656 e. The largest absolute Gasteiger partial charge is 0.273 e. The van der Waals surface area contributed by atoms with Crippen molar-refractivity contribution in [3.05, 3.63) is 37.9 Å². The third-order valence-corrected chi connectivity index (χ3v) is 4.61. The standard InChI is InChI=1S/C11H15IN4S/c1-16-9(4-5-14-16)2-3-10(15-13)8-6-11(12)17-7-8/h4-7,10,15H,2-3,13H2,1H3. The van der Waals surface area contributed by atoms with Crippen LogP contribution in [0, 0.1) is 2.88 Å². The summed E-state index contributed by atoms with van der Waals surface area (Å²) in [5.41, 5.74) is 5.39. The van der Waals surface area contributed by atoms with Gasteiger partial charge in [0.25, 0.3) is 0 Å². The highest BCUT2D eigenvalue weighted by atomic mass is 127. The van der Waals surface area contributed by atoms with E-state index in [-0.39, 0.29) is 6.04 Å². The van der Waals surface area contributed by atoms with Gasteiger partial charge < -0.3 is 0 Å². The first-order chi connectivity index (χ1) is 8.20. The van der Waals surface area contributed by atoms with Gasteiger partial charge in [-0.2, -0.15) is 5.10 Å². The molecule has 0 aliphatic heterocycles. The highest BCUT2D eigenvalue weighted by molar-refractivity contribution is 14.1. The SMILES string of the molecule is Cn1nccc1CCC(NN)c1csc(I)c1. The molecule has 17 heavy (non-hydrogen) atoms. The van der Waals surface area contributed by atoms with Gasteiger partial charge in [-0.25, -0.2) is 0 Å². The summed E-state index contributed by atoms with van der Waals surface area (Å²) in [5.74, 6) is 5.62. The summed E-state index contributed by atoms with van der Waals surface area (Å²) in [6, 6.07) is 4.44. The molecule has 4 nitrogen and oxygen atoms in total. The van der Waals surface area contributed by atoms with Gasteiger partial charge in [-0.15, -0.1) is 11.3 Å². The first-order valence-electron chi connectivity index (χ1n) is 5.37. The molecule has 0 fully saturated rings. The summed E-state index contributed by atoms with van der Waals surface area (Å²) in [5, 5.41) is 6.33. The van der Waals surface area contributed by atoms with Crippen LogP contribution in [0.15, 0.2) is 23.7 Å². The molecule has 0 amide bonds. The van der Waals surface area contributed by atoms with Crippen LogP contribution in [0.5, 0.6) is 0 Å². The van der Waals surface area contributed by atoms with E-state index in [0.717, 1.165) is 12.8 Å². The second kappa shape index (κ2) is 5.94. The van der Waals surface area contributed by atoms with Crippen molar-refractivity contribution in [2.45, 2.75) is 18.9 Å². The van der Waals surface area contributed by atoms with Gasteiger partial charge in [-0.3, -0.25) is 16.0 Å². The Balaban J connectivity index is 1.99. The highest BCUT2D eigenvalue weighted by Crippen LogP contribution is 2.24. The van der Waals surface area contributed by atoms with Gasteiger partial charge in [-0.05, 0) is 58.5 Å². The Kier molecular flexibility index (Phi) is 4.55. The second-order valence-electron chi connectivity index (χ2n) is 3.89. The maximum absolute atomic E-state index is 5.62. The van der Waals surface area contributed by atoms with Gasteiger partial charge in [0.15, 0.2) is 0 Å². The smallest absolute Gasteiger partial charge is 0.0656 e. The van der Waals surface area contributed by atoms with Gasteiger partial charge in [0.05, 0.1) is 2.88 Å². The summed E-state index contributed by atoms with van der Waals surface area (Å²) in [4.78, 5) is 0. The number of nitrogens with one attached hydrogen (secondary N) is 1. The Morgan fingerprint density at radius 3 is 3.00 bits per heavy atom. The van der Waals surface area contributed by atoms with E-state index in [9.17, 15) is 0 Å². The van der Waals surface area contributed by atoms with E-state index < -0.39 is 0 Å². The van der Waals surface area contributed by atoms with E-state index in [1.807, 2.05) is 24.0 Å². The number of hydrogen-bond donors (Lipinski definition) is 2. The van der Waals surface area contributed by atoms with Gasteiger partial charge in [-0.1, -0.05) is 0 Å². The molecule has 0 radical (unpaired) electrons. The number of halogens is 1. The Morgan fingerprint density at radius 1 is 1.65 bits per heavy atom. The van der Waals surface area contributed by atoms with Crippen molar-refractivity contribution in [1.29, 1.82) is 0 Å². The van der Waals surface area contributed by atoms with Crippen LogP contribution < -0.4 is 11.3 Å². The molecule has 0 bridgehead atoms. The van der Waals surface area contributed by atoms with Crippen LogP contribution in [0.1, 0.15) is 23.7 Å². The van der Waals surface area contributed by atoms with Crippen molar-refractivity contribution in [1.82, 2.24) is 15.2 Å². The lowest BCUT2D eigenvalue weighted by Gasteiger charge is -2.14. The lowest BCUT2D eigenvalue weighted by atomic mass is 10.0. The third kappa shape index (κ3) is 3.27. The topological polar surface area (TPSA) is 55.9 Å². The van der Waals surface area contributed by atoms with Gasteiger partial charge in [0, 0.05) is 25.0 Å². The summed E-state index contributed by atoms with van der Waals surface area (Å²) in [6.07, 6.45) is 3.77. The fourth-order valence-corrected chi connectivity index (χ4v) is 3.22. The Bertz CT molecular complexity index is 479. The molecule has 2 rings (SSSR count). The van der Waals surface area contributed by atoms with Gasteiger partial charge in [0.1, 0.15) is 0 Å². The van der Waals surface area contributed by atoms with E-state index in [1.165, 1.54) is 14.1 Å². The van der Waals surface area contributed by atoms with Crippen molar-refractivity contribution in [2.75, 3.05) is 0 Å². The quantitative estimate of drug-likeness (QED) is 0.487. The van der Waals surface area contributed by atoms with Gasteiger partial charge in [0.2, 0.25) is 0 Å². The zero-order valence-corrected chi connectivity index (χ0v) is 12.5. The number of rotatable bonds is 5. The normalized spacial score (nSPS) is 12.9. The average molecular weight is 362 g/mol. The Morgan fingerprint density at radius 2 is 2.47 bits per heavy atom. The van der Waals surface area contributed by atoms with Gasteiger partial charge >= 0.3 is 0 Å². The van der Waals surface area contributed by atoms with Crippen LogP contribution in [0.3, 0.4) is 0 Å². The van der Waals surface area contributed by atoms with Crippen molar-refractivity contribution < 1.29 is 0 Å². The zero-order valence-electron chi connectivity index (χ0n) is 9.56. The minimum absolute atomic E-state index is 0.213. The minimum atomic E-state index is 0.213. The average Bonchev–Trinajstić information content (AvgIpc) is 2.90. The lowest BCUT2D eigenvalue weighted by molar-refractivity contribution is 0.508. The monoisotopic (exact) mass is 362 g/mol. The predicted molar refractivity (Wildman–Crippen MR) is 78.6 cm³/mol. The van der Waals surface area contributed by atoms with E-state index in [4.69, 9.17) is 5.84 Å². The maximum atomic E-state index is 5.62. The molecule has 0 spiro atoms. The summed E-state index contributed by atoms with van der Waals surface area (Å²) < 4.78 is 3.20. The van der Waals surface area contributed by atoms with Crippen LogP contribution in [-0.2, 0) is 13.5 Å². The second-order valence-corrected chi connectivity index (χ2v) is 6.69. The molecule has 0 saturated heterocycles. The summed E-state index contributed by atoms with van der Waals surface area (Å²) in [7, 11) is 1.97. The number of aryl methyl sites for hydroxylation is 2. The molecule has 2 aromatic heterocycles. The lowest BCUT2D eigenvalue weighted by Crippen LogP contribution is -2.28. The molecule has 2 aromatic rings. The number of aromatic nitrogens is 2. The molecule has 1 unspecified atom stereocenters. The first kappa shape index (κ1) is 13.0. The van der Waals surface area contributed by atoms with Crippen molar-refractivity contribution in [3.63, 3.8) is 0 Å². The number of thiophene rings is 1. The molecule has 92 valence electrons. The van der Waals surface area contributed by atoms with Crippen LogP contribution in [-0.4, -0.2) is 9.78 Å². The van der Waals surface area contributed by atoms with Crippen molar-refractivity contribution >= 4 is 33.9 Å². The van der Waals surface area contributed by atoms with Crippen LogP contribution in [0.4, 0.5) is 0 Å². The van der Waals surface area contributed by atoms with E-state index in [0.29, 0.717) is 0 Å². The molecular weight excluding hydrogens is 347 g/mol. The first-order valence-corrected chi connectivity index (χ1v) is 7.33. The number of hydrogen-bond acceptors (Lipinski definition) is 4. The molecule has 0 aromatic carbocycles. The summed E-state index contributed by atoms with van der Waals surface area (Å²) in [6.45, 7) is 0. The van der Waals surface area contributed by atoms with E-state index in [1.54, 1.807) is 11.3 Å². The fourth-order valence-electron chi connectivity index (χ4n) is 1.79. The zero-order chi connectivity index (χ0) is 12.3. The Labute approximate surface area is 118 Å². The van der Waals surface area contributed by atoms with Crippen molar-refractivity contribution in [3.8, 4) is 0 Å².